The van der Waals surface area contributed by atoms with E-state index in [2.05, 4.69) is 188 Å². The molecule has 0 unspecified atom stereocenters. The summed E-state index contributed by atoms with van der Waals surface area (Å²) in [5.74, 6) is 4.86. The van der Waals surface area contributed by atoms with Crippen LogP contribution >= 0.6 is 0 Å². The quantitative estimate of drug-likeness (QED) is 0.0626. The summed E-state index contributed by atoms with van der Waals surface area (Å²) in [6.07, 6.45) is 28.0. The van der Waals surface area contributed by atoms with Crippen molar-refractivity contribution in [2.45, 2.75) is 196 Å². The molecular formula is C77H116N10O3. The van der Waals surface area contributed by atoms with E-state index in [9.17, 15) is 15.2 Å². The zero-order valence-corrected chi connectivity index (χ0v) is 57.2. The number of H-pyrrole nitrogens is 1. The predicted octanol–water partition coefficient (Wildman–Crippen LogP) is 18.1. The zero-order chi connectivity index (χ0) is 66.7. The van der Waals surface area contributed by atoms with Crippen LogP contribution in [0, 0.1) is 55.9 Å². The molecule has 0 saturated heterocycles. The van der Waals surface area contributed by atoms with Crippen LogP contribution in [0.1, 0.15) is 219 Å². The molecule has 0 fully saturated rings. The number of dihydropyridines is 2. The number of aromatic nitrogens is 5. The Balaban J connectivity index is 0.00000100. The molecule has 2 aliphatic heterocycles. The normalized spacial score (nSPS) is 13.1. The van der Waals surface area contributed by atoms with Gasteiger partial charge in [-0.25, -0.2) is 0 Å². The summed E-state index contributed by atoms with van der Waals surface area (Å²) in [4.78, 5) is 22.6. The third kappa shape index (κ3) is 30.6. The molecule has 0 bridgehead atoms. The molecule has 13 nitrogen and oxygen atoms in total. The van der Waals surface area contributed by atoms with Gasteiger partial charge in [0.25, 0.3) is 0 Å². The van der Waals surface area contributed by atoms with E-state index in [1.54, 1.807) is 31.0 Å². The van der Waals surface area contributed by atoms with Gasteiger partial charge in [0.2, 0.25) is 0 Å². The van der Waals surface area contributed by atoms with Crippen molar-refractivity contribution in [2.24, 2.45) is 29.2 Å². The van der Waals surface area contributed by atoms with Crippen molar-refractivity contribution in [1.82, 2.24) is 25.6 Å². The number of hydrogen-bond donors (Lipinski definition) is 6. The average molecular weight is 1230 g/mol. The first-order valence-electron chi connectivity index (χ1n) is 30.9. The number of benzene rings is 1. The van der Waals surface area contributed by atoms with Crippen LogP contribution in [0.5, 0.6) is 0 Å². The number of anilines is 1. The van der Waals surface area contributed by atoms with E-state index in [0.29, 0.717) is 59.6 Å². The molecule has 6 aromatic rings. The van der Waals surface area contributed by atoms with Gasteiger partial charge in [-0.15, -0.1) is 0 Å². The van der Waals surface area contributed by atoms with Crippen LogP contribution in [0.25, 0.3) is 10.9 Å². The molecule has 9 N–H and O–H groups in total. The van der Waals surface area contributed by atoms with Crippen LogP contribution in [0.3, 0.4) is 0 Å². The number of nitrogens with two attached hydrogens (primary N) is 3. The minimum Gasteiger partial charge on any atom is -0.619 e. The van der Waals surface area contributed by atoms with Crippen LogP contribution < -0.4 is 37.3 Å². The van der Waals surface area contributed by atoms with E-state index in [0.717, 1.165) is 65.8 Å². The van der Waals surface area contributed by atoms with E-state index in [-0.39, 0.29) is 20.6 Å². The second kappa shape index (κ2) is 40.2. The summed E-state index contributed by atoms with van der Waals surface area (Å²) in [5.41, 5.74) is 36.6. The molecule has 5 aromatic heterocycles. The number of hydrogen-bond acceptors (Lipinski definition) is 10. The second-order valence-electron chi connectivity index (χ2n) is 25.4. The van der Waals surface area contributed by atoms with Crippen LogP contribution in [-0.2, 0) is 4.79 Å². The maximum absolute atomic E-state index is 11.3. The Bertz CT molecular complexity index is 3270. The number of rotatable bonds is 8. The lowest BCUT2D eigenvalue weighted by Crippen LogP contribution is -2.26. The van der Waals surface area contributed by atoms with Gasteiger partial charge in [-0.05, 0) is 176 Å². The SMILES string of the molecule is C.C.C=C1C=C(C(C)C)C=C(N)N1.C=C1C=C(N)C=C(C(C)C)N1.CC(C)c1cncc(N)c1.CC1=CCC(=O)C(C(C)C)=C1.Cc1cc(C(C)C)c2cc[nH]c2c1.Cc1cc(C(C)C)c[n+]([O-])c1.Cc1cc(C(C)C)c[n+]([O-])c1.Cc1cncc(C(C)C)c1. The number of nitrogens with one attached hydrogen (secondary N) is 3. The van der Waals surface area contributed by atoms with Gasteiger partial charge in [0.05, 0.1) is 5.69 Å². The second-order valence-corrected chi connectivity index (χ2v) is 25.4. The predicted molar refractivity (Wildman–Crippen MR) is 386 cm³/mol. The first-order chi connectivity index (χ1) is 41.1. The Hall–Kier alpha value is -8.45. The topological polar surface area (TPSA) is 215 Å². The zero-order valence-electron chi connectivity index (χ0n) is 57.2. The number of aryl methyl sites for hydroxylation is 4. The minimum absolute atomic E-state index is 0. The summed E-state index contributed by atoms with van der Waals surface area (Å²) in [5, 5.41) is 29.3. The van der Waals surface area contributed by atoms with E-state index in [4.69, 9.17) is 17.2 Å². The highest BCUT2D eigenvalue weighted by Crippen LogP contribution is 2.27. The number of fused-ring (bicyclic) bond motifs is 1. The Morgan fingerprint density at radius 3 is 1.41 bits per heavy atom. The Labute approximate surface area is 544 Å². The fourth-order valence-electron chi connectivity index (χ4n) is 8.83. The summed E-state index contributed by atoms with van der Waals surface area (Å²) in [6, 6.07) is 14.8. The molecule has 0 amide bonds. The van der Waals surface area contributed by atoms with Crippen molar-refractivity contribution in [3.05, 3.63) is 254 Å². The molecule has 0 atom stereocenters. The standard InChI is InChI=1S/C12H15N.C10H14O.2C9H14N2.2C9H13NO.C9H13N.C8H12N2.2CH4/c1-8(2)11-6-9(3)7-12-10(11)4-5-13-12;1-7(2)9-6-8(3)4-5-10(9)11;1-6(2)9-5-8(10)4-7(3)11-9;1-6(2)8-4-7(3)11-9(10)5-8;2*1-7(2)9-4-8(3)5-10(11)6-9;1-7(2)9-4-8(3)5-10-6-9;1-6(2)7-3-8(9)5-10-4-7;;/h4-8,13H,1-3H3;4,6-7H,5H2,1-3H3;2*4-6,11H,3,10H2,1-2H3;2*4-7H,1-3H3;4-7H,1-3H3;3-6H,9H2,1-2H3;2*1H4. The van der Waals surface area contributed by atoms with Crippen LogP contribution in [0.4, 0.5) is 5.69 Å². The van der Waals surface area contributed by atoms with Crippen molar-refractivity contribution in [3.8, 4) is 0 Å². The van der Waals surface area contributed by atoms with Crippen molar-refractivity contribution in [2.75, 3.05) is 5.73 Å². The van der Waals surface area contributed by atoms with Gasteiger partial charge in [0.1, 0.15) is 5.82 Å². The molecule has 1 aromatic carbocycles. The fourth-order valence-corrected chi connectivity index (χ4v) is 8.83. The maximum atomic E-state index is 11.3. The third-order valence-electron chi connectivity index (χ3n) is 14.0. The number of Topliss-reactive ketones (excluding diaryl/α,β-unsaturated/α-hetero) is 1. The number of aromatic amines is 1. The van der Waals surface area contributed by atoms with Crippen molar-refractivity contribution < 1.29 is 14.3 Å². The molecule has 7 heterocycles. The molecular weight excluding hydrogens is 1110 g/mol. The number of carbonyl (C=O) groups excluding carboxylic acids is 1. The molecule has 0 radical (unpaired) electrons. The molecule has 0 spiro atoms. The first-order valence-corrected chi connectivity index (χ1v) is 30.9. The molecule has 1 aliphatic carbocycles. The van der Waals surface area contributed by atoms with Crippen molar-refractivity contribution in [3.63, 3.8) is 0 Å². The smallest absolute Gasteiger partial charge is 0.183 e. The molecule has 9 rings (SSSR count). The van der Waals surface area contributed by atoms with Crippen molar-refractivity contribution in [1.29, 1.82) is 0 Å². The average Bonchev–Trinajstić information content (AvgIpc) is 1.89. The van der Waals surface area contributed by atoms with Crippen LogP contribution in [0.15, 0.2) is 193 Å². The van der Waals surface area contributed by atoms with E-state index >= 15 is 0 Å². The Morgan fingerprint density at radius 1 is 0.511 bits per heavy atom. The lowest BCUT2D eigenvalue weighted by molar-refractivity contribution is -0.606. The largest absolute Gasteiger partial charge is 0.619 e. The highest BCUT2D eigenvalue weighted by Gasteiger charge is 2.15. The third-order valence-corrected chi connectivity index (χ3v) is 14.0. The molecule has 13 heteroatoms. The summed E-state index contributed by atoms with van der Waals surface area (Å²) >= 11 is 0. The Morgan fingerprint density at radius 2 is 1.01 bits per heavy atom. The lowest BCUT2D eigenvalue weighted by Gasteiger charge is -2.18. The number of pyridine rings is 4. The van der Waals surface area contributed by atoms with Crippen LogP contribution in [-0.4, -0.2) is 20.7 Å². The number of ketones is 1. The van der Waals surface area contributed by atoms with Gasteiger partial charge in [0, 0.05) is 93.3 Å². The molecule has 492 valence electrons. The summed E-state index contributed by atoms with van der Waals surface area (Å²) in [6.45, 7) is 51.7. The van der Waals surface area contributed by atoms with Gasteiger partial charge < -0.3 is 43.2 Å². The molecule has 0 saturated carbocycles. The first kappa shape index (κ1) is 81.5. The number of carbonyl (C=O) groups is 1. The van der Waals surface area contributed by atoms with E-state index < -0.39 is 0 Å². The van der Waals surface area contributed by atoms with Gasteiger partial charge in [-0.2, -0.15) is 9.46 Å². The van der Waals surface area contributed by atoms with Crippen LogP contribution in [0.2, 0.25) is 0 Å². The number of nitrogens with zero attached hydrogens (tertiary/aromatic N) is 4. The fraction of sp³-hybridized carbons (Fsp3) is 0.416. The maximum Gasteiger partial charge on any atom is 0.183 e. The molecule has 90 heavy (non-hydrogen) atoms. The van der Waals surface area contributed by atoms with E-state index in [1.165, 1.54) is 49.9 Å². The van der Waals surface area contributed by atoms with Gasteiger partial charge >= 0.3 is 0 Å². The summed E-state index contributed by atoms with van der Waals surface area (Å²) in [7, 11) is 0. The monoisotopic (exact) mass is 1230 g/mol. The lowest BCUT2D eigenvalue weighted by atomic mass is 9.91. The minimum atomic E-state index is 0. The van der Waals surface area contributed by atoms with Gasteiger partial charge in [0.15, 0.2) is 30.6 Å². The number of allylic oxidation sites excluding steroid dienone is 10. The highest BCUT2D eigenvalue weighted by atomic mass is 16.5. The van der Waals surface area contributed by atoms with Gasteiger partial charge in [-0.1, -0.05) is 169 Å². The highest BCUT2D eigenvalue weighted by molar-refractivity contribution is 5.98. The van der Waals surface area contributed by atoms with E-state index in [1.807, 2.05) is 100 Å². The summed E-state index contributed by atoms with van der Waals surface area (Å²) < 4.78 is 1.73. The number of nitrogen functional groups attached to an aromatic ring is 1. The van der Waals surface area contributed by atoms with Gasteiger partial charge in [-0.3, -0.25) is 14.8 Å². The molecule has 3 aliphatic rings. The Kier molecular flexibility index (Phi) is 36.5. The van der Waals surface area contributed by atoms with Crippen molar-refractivity contribution >= 4 is 22.4 Å².